The van der Waals surface area contributed by atoms with Crippen LogP contribution in [0.2, 0.25) is 0 Å². The van der Waals surface area contributed by atoms with Crippen LogP contribution in [-0.2, 0) is 4.74 Å². The third-order valence-electron chi connectivity index (χ3n) is 4.60. The summed E-state index contributed by atoms with van der Waals surface area (Å²) in [5.41, 5.74) is 6.73. The predicted octanol–water partition coefficient (Wildman–Crippen LogP) is 4.44. The van der Waals surface area contributed by atoms with E-state index >= 15 is 0 Å². The van der Waals surface area contributed by atoms with Gasteiger partial charge in [0.15, 0.2) is 0 Å². The van der Waals surface area contributed by atoms with Gasteiger partial charge in [-0.1, -0.05) is 0 Å². The van der Waals surface area contributed by atoms with Gasteiger partial charge < -0.3 is 14.7 Å². The van der Waals surface area contributed by atoms with Gasteiger partial charge in [-0.15, -0.1) is 0 Å². The highest BCUT2D eigenvalue weighted by Crippen LogP contribution is 2.22. The van der Waals surface area contributed by atoms with Crippen LogP contribution >= 0.6 is 0 Å². The van der Waals surface area contributed by atoms with Crippen molar-refractivity contribution in [3.05, 3.63) is 70.8 Å². The highest BCUT2D eigenvalue weighted by atomic mass is 16.5. The number of hydrogen-bond donors (Lipinski definition) is 2. The second-order valence-electron chi connectivity index (χ2n) is 6.55. The van der Waals surface area contributed by atoms with E-state index in [9.17, 15) is 4.79 Å². The summed E-state index contributed by atoms with van der Waals surface area (Å²) in [6.45, 7) is 0. The molecule has 3 aromatic heterocycles. The number of methoxy groups -OCH3 is 1. The van der Waals surface area contributed by atoms with Crippen LogP contribution in [0.3, 0.4) is 0 Å². The van der Waals surface area contributed by atoms with Crippen molar-refractivity contribution < 1.29 is 9.53 Å². The van der Waals surface area contributed by atoms with Crippen molar-refractivity contribution in [2.24, 2.45) is 0 Å². The quantitative estimate of drug-likeness (QED) is 0.428. The monoisotopic (exact) mass is 368 g/mol. The third-order valence-corrected chi connectivity index (χ3v) is 4.60. The minimum absolute atomic E-state index is 0.349. The van der Waals surface area contributed by atoms with Gasteiger partial charge in [0.05, 0.1) is 29.9 Å². The molecule has 0 amide bonds. The molecule has 6 nitrogen and oxygen atoms in total. The summed E-state index contributed by atoms with van der Waals surface area (Å²) in [6.07, 6.45) is 7.35. The smallest absolute Gasteiger partial charge is 0.342 e. The van der Waals surface area contributed by atoms with E-state index in [1.54, 1.807) is 12.2 Å². The van der Waals surface area contributed by atoms with E-state index in [1.165, 1.54) is 7.11 Å². The molecule has 2 N–H and O–H groups in total. The van der Waals surface area contributed by atoms with Crippen molar-refractivity contribution >= 4 is 52.3 Å². The molecule has 0 atom stereocenters. The van der Waals surface area contributed by atoms with Crippen molar-refractivity contribution in [1.29, 1.82) is 0 Å². The maximum atomic E-state index is 12.4. The lowest BCUT2D eigenvalue weighted by Gasteiger charge is -2.01. The molecule has 5 rings (SSSR count). The van der Waals surface area contributed by atoms with Crippen LogP contribution in [-0.4, -0.2) is 33.0 Å². The van der Waals surface area contributed by atoms with Gasteiger partial charge in [-0.25, -0.2) is 14.8 Å². The molecule has 3 aromatic rings. The Bertz CT molecular complexity index is 1230. The summed E-state index contributed by atoms with van der Waals surface area (Å²) in [4.78, 5) is 28.3. The van der Waals surface area contributed by atoms with Crippen LogP contribution in [0.4, 0.5) is 0 Å². The summed E-state index contributed by atoms with van der Waals surface area (Å²) in [6, 6.07) is 13.9. The van der Waals surface area contributed by atoms with Crippen LogP contribution in [0.5, 0.6) is 0 Å². The average molecular weight is 368 g/mol. The molecule has 0 aliphatic carbocycles. The van der Waals surface area contributed by atoms with Gasteiger partial charge in [0.1, 0.15) is 5.56 Å². The van der Waals surface area contributed by atoms with Gasteiger partial charge in [-0.2, -0.15) is 0 Å². The molecule has 0 unspecified atom stereocenters. The number of carbonyl (C=O) groups excluding carboxylic acids is 1. The lowest BCUT2D eigenvalue weighted by molar-refractivity contribution is 0.0599. The SMILES string of the molecule is COC(=O)c1c2nc(cc3ccc(cc4ccc(cc5nc1C=C5)[nH]4)[nH]3)C=C2. The highest BCUT2D eigenvalue weighted by molar-refractivity contribution is 5.99. The number of ether oxygens (including phenoxy) is 1. The molecule has 2 aliphatic rings. The number of nitrogens with one attached hydrogen (secondary N) is 2. The number of hydrogen-bond acceptors (Lipinski definition) is 4. The number of aromatic amines is 2. The van der Waals surface area contributed by atoms with Gasteiger partial charge >= 0.3 is 5.97 Å². The topological polar surface area (TPSA) is 83.7 Å². The summed E-state index contributed by atoms with van der Waals surface area (Å²) >= 11 is 0. The number of H-pyrrole nitrogens is 2. The maximum Gasteiger partial charge on any atom is 0.342 e. The van der Waals surface area contributed by atoms with Crippen LogP contribution in [0, 0.1) is 0 Å². The second kappa shape index (κ2) is 6.35. The number of nitrogens with zero attached hydrogens (tertiary/aromatic N) is 2. The zero-order chi connectivity index (χ0) is 19.1. The van der Waals surface area contributed by atoms with Crippen molar-refractivity contribution in [3.63, 3.8) is 0 Å². The Morgan fingerprint density at radius 2 is 1.21 bits per heavy atom. The number of aromatic nitrogens is 4. The van der Waals surface area contributed by atoms with Crippen molar-refractivity contribution in [2.75, 3.05) is 7.11 Å². The van der Waals surface area contributed by atoms with E-state index in [2.05, 4.69) is 19.9 Å². The molecule has 28 heavy (non-hydrogen) atoms. The van der Waals surface area contributed by atoms with E-state index in [1.807, 2.05) is 54.6 Å². The van der Waals surface area contributed by atoms with Gasteiger partial charge in [0.2, 0.25) is 0 Å². The summed E-state index contributed by atoms with van der Waals surface area (Å²) in [7, 11) is 1.36. The first kappa shape index (κ1) is 16.3. The van der Waals surface area contributed by atoms with Crippen LogP contribution in [0.15, 0.2) is 42.5 Å². The van der Waals surface area contributed by atoms with Gasteiger partial charge in [0, 0.05) is 22.1 Å². The summed E-state index contributed by atoms with van der Waals surface area (Å²) < 4.78 is 4.98. The Morgan fingerprint density at radius 3 is 1.68 bits per heavy atom. The number of rotatable bonds is 1. The van der Waals surface area contributed by atoms with Gasteiger partial charge in [-0.3, -0.25) is 0 Å². The van der Waals surface area contributed by atoms with Crippen LogP contribution in [0.25, 0.3) is 46.4 Å². The van der Waals surface area contributed by atoms with E-state index in [4.69, 9.17) is 4.74 Å². The molecule has 136 valence electrons. The van der Waals surface area contributed by atoms with E-state index in [0.29, 0.717) is 17.0 Å². The van der Waals surface area contributed by atoms with Crippen molar-refractivity contribution in [1.82, 2.24) is 19.9 Å². The minimum Gasteiger partial charge on any atom is -0.465 e. The fourth-order valence-electron chi connectivity index (χ4n) is 3.32. The fourth-order valence-corrected chi connectivity index (χ4v) is 3.32. The lowest BCUT2D eigenvalue weighted by atomic mass is 10.1. The number of carbonyl (C=O) groups is 1. The average Bonchev–Trinajstić information content (AvgIpc) is 3.46. The highest BCUT2D eigenvalue weighted by Gasteiger charge is 2.19. The number of fused-ring (bicyclic) bond motifs is 8. The summed E-state index contributed by atoms with van der Waals surface area (Å²) in [5, 5.41) is 0. The molecule has 0 radical (unpaired) electrons. The van der Waals surface area contributed by atoms with E-state index in [-0.39, 0.29) is 0 Å². The molecule has 0 saturated carbocycles. The molecule has 0 spiro atoms. The molecular weight excluding hydrogens is 352 g/mol. The lowest BCUT2D eigenvalue weighted by Crippen LogP contribution is -2.06. The Morgan fingerprint density at radius 1 is 0.750 bits per heavy atom. The fraction of sp³-hybridized carbons (Fsp3) is 0.0455. The first-order valence-corrected chi connectivity index (χ1v) is 8.84. The molecule has 8 bridgehead atoms. The molecular formula is C22H16N4O2. The second-order valence-corrected chi connectivity index (χ2v) is 6.55. The first-order chi connectivity index (χ1) is 13.7. The Hall–Kier alpha value is -3.93. The third kappa shape index (κ3) is 2.91. The first-order valence-electron chi connectivity index (χ1n) is 8.84. The van der Waals surface area contributed by atoms with Crippen molar-refractivity contribution in [2.45, 2.75) is 0 Å². The Labute approximate surface area is 160 Å². The van der Waals surface area contributed by atoms with E-state index < -0.39 is 5.97 Å². The Kier molecular flexibility index (Phi) is 3.69. The normalized spacial score (nSPS) is 12.3. The van der Waals surface area contributed by atoms with Crippen LogP contribution in [0.1, 0.15) is 33.1 Å². The Balaban J connectivity index is 1.89. The van der Waals surface area contributed by atoms with Crippen molar-refractivity contribution in [3.8, 4) is 0 Å². The van der Waals surface area contributed by atoms with Crippen LogP contribution < -0.4 is 0 Å². The zero-order valence-electron chi connectivity index (χ0n) is 15.1. The van der Waals surface area contributed by atoms with E-state index in [0.717, 1.165) is 33.5 Å². The molecule has 5 heterocycles. The zero-order valence-corrected chi connectivity index (χ0v) is 15.1. The molecule has 2 aliphatic heterocycles. The minimum atomic E-state index is -0.464. The summed E-state index contributed by atoms with van der Waals surface area (Å²) in [5.74, 6) is -0.464. The molecule has 6 heteroatoms. The van der Waals surface area contributed by atoms with Gasteiger partial charge in [-0.05, 0) is 66.8 Å². The van der Waals surface area contributed by atoms with Gasteiger partial charge in [0.25, 0.3) is 0 Å². The standard InChI is InChI=1S/C22H16N4O2/c1-28-22(27)21-19-8-6-17(25-19)11-15-4-2-13(23-15)10-14-3-5-16(24-14)12-18-7-9-20(21)26-18/h2-12,23-24H,1H3. The predicted molar refractivity (Wildman–Crippen MR) is 110 cm³/mol. The number of esters is 1. The molecule has 0 aromatic carbocycles. The molecule has 0 fully saturated rings. The largest absolute Gasteiger partial charge is 0.465 e. The maximum absolute atomic E-state index is 12.4. The molecule has 0 saturated heterocycles.